The first kappa shape index (κ1) is 19.9. The average Bonchev–Trinajstić information content (AvgIpc) is 3.09. The molecule has 1 aromatic carbocycles. The maximum Gasteiger partial charge on any atom is 0.287 e. The van der Waals surface area contributed by atoms with Crippen LogP contribution < -0.4 is 10.6 Å². The van der Waals surface area contributed by atoms with E-state index in [2.05, 4.69) is 15.6 Å². The van der Waals surface area contributed by atoms with Gasteiger partial charge in [-0.3, -0.25) is 14.0 Å². The summed E-state index contributed by atoms with van der Waals surface area (Å²) in [4.78, 5) is 29.6. The van der Waals surface area contributed by atoms with E-state index in [0.29, 0.717) is 23.5 Å². The second-order valence-corrected chi connectivity index (χ2v) is 7.09. The fourth-order valence-corrected chi connectivity index (χ4v) is 2.94. The molecule has 0 saturated heterocycles. The Kier molecular flexibility index (Phi) is 6.31. The molecule has 2 N–H and O–H groups in total. The molecule has 0 radical (unpaired) electrons. The van der Waals surface area contributed by atoms with Crippen molar-refractivity contribution in [1.82, 2.24) is 20.0 Å². The first-order valence-electron chi connectivity index (χ1n) is 9.30. The molecule has 3 rings (SSSR count). The van der Waals surface area contributed by atoms with Crippen LogP contribution in [0.1, 0.15) is 46.9 Å². The lowest BCUT2D eigenvalue weighted by atomic mass is 10.1. The normalized spacial score (nSPS) is 12.0. The van der Waals surface area contributed by atoms with Crippen molar-refractivity contribution in [3.63, 3.8) is 0 Å². The fourth-order valence-electron chi connectivity index (χ4n) is 2.81. The molecular formula is C21H23ClN4O2. The Labute approximate surface area is 168 Å². The lowest BCUT2D eigenvalue weighted by molar-refractivity contribution is 0.0928. The molecule has 0 aliphatic rings. The summed E-state index contributed by atoms with van der Waals surface area (Å²) in [7, 11) is 0. The molecule has 0 aliphatic carbocycles. The Morgan fingerprint density at radius 2 is 1.89 bits per heavy atom. The number of nitrogens with one attached hydrogen (secondary N) is 2. The molecule has 2 amide bonds. The highest BCUT2D eigenvalue weighted by atomic mass is 35.5. The summed E-state index contributed by atoms with van der Waals surface area (Å²) in [6, 6.07) is 12.9. The number of benzene rings is 1. The van der Waals surface area contributed by atoms with Gasteiger partial charge in [0, 0.05) is 23.8 Å². The van der Waals surface area contributed by atoms with Gasteiger partial charge in [-0.2, -0.15) is 0 Å². The second kappa shape index (κ2) is 8.89. The van der Waals surface area contributed by atoms with Crippen LogP contribution in [0.3, 0.4) is 0 Å². The van der Waals surface area contributed by atoms with Crippen molar-refractivity contribution in [2.45, 2.75) is 32.7 Å². The van der Waals surface area contributed by atoms with Crippen LogP contribution in [0.2, 0.25) is 5.02 Å². The van der Waals surface area contributed by atoms with E-state index in [0.717, 1.165) is 12.0 Å². The first-order valence-corrected chi connectivity index (χ1v) is 9.68. The zero-order valence-corrected chi connectivity index (χ0v) is 16.7. The molecule has 0 spiro atoms. The quantitative estimate of drug-likeness (QED) is 0.639. The number of carbonyl (C=O) groups excluding carboxylic acids is 2. The lowest BCUT2D eigenvalue weighted by Gasteiger charge is -2.10. The van der Waals surface area contributed by atoms with E-state index in [1.165, 1.54) is 0 Å². The Bertz CT molecular complexity index is 982. The minimum atomic E-state index is -0.305. The Balaban J connectivity index is 1.75. The number of fused-ring (bicyclic) bond motifs is 1. The molecule has 28 heavy (non-hydrogen) atoms. The van der Waals surface area contributed by atoms with E-state index >= 15 is 0 Å². The van der Waals surface area contributed by atoms with E-state index in [9.17, 15) is 9.59 Å². The molecule has 2 heterocycles. The van der Waals surface area contributed by atoms with Gasteiger partial charge in [-0.1, -0.05) is 36.7 Å². The van der Waals surface area contributed by atoms with E-state index < -0.39 is 0 Å². The maximum atomic E-state index is 12.7. The first-order chi connectivity index (χ1) is 13.5. The molecule has 1 unspecified atom stereocenters. The van der Waals surface area contributed by atoms with E-state index in [4.69, 9.17) is 11.6 Å². The molecule has 0 aliphatic heterocycles. The van der Waals surface area contributed by atoms with Crippen molar-refractivity contribution in [2.24, 2.45) is 0 Å². The van der Waals surface area contributed by atoms with Crippen molar-refractivity contribution in [1.29, 1.82) is 0 Å². The number of imidazole rings is 1. The number of pyridine rings is 1. The Morgan fingerprint density at radius 1 is 1.14 bits per heavy atom. The van der Waals surface area contributed by atoms with Gasteiger partial charge in [0.2, 0.25) is 5.82 Å². The van der Waals surface area contributed by atoms with Crippen LogP contribution in [0, 0.1) is 0 Å². The van der Waals surface area contributed by atoms with Crippen molar-refractivity contribution in [3.8, 4) is 0 Å². The highest BCUT2D eigenvalue weighted by Crippen LogP contribution is 2.14. The van der Waals surface area contributed by atoms with Gasteiger partial charge in [0.15, 0.2) is 5.69 Å². The summed E-state index contributed by atoms with van der Waals surface area (Å²) in [5, 5.41) is 6.45. The zero-order valence-electron chi connectivity index (χ0n) is 15.9. The third-order valence-electron chi connectivity index (χ3n) is 4.57. The fraction of sp³-hybridized carbons (Fsp3) is 0.286. The number of nitrogens with zero attached hydrogens (tertiary/aromatic N) is 2. The number of hydrogen-bond donors (Lipinski definition) is 2. The molecule has 146 valence electrons. The van der Waals surface area contributed by atoms with Gasteiger partial charge in [0.05, 0.1) is 5.52 Å². The largest absolute Gasteiger partial charge is 0.350 e. The van der Waals surface area contributed by atoms with E-state index in [-0.39, 0.29) is 29.4 Å². The third kappa shape index (κ3) is 4.51. The summed E-state index contributed by atoms with van der Waals surface area (Å²) in [6.45, 7) is 4.38. The number of amides is 2. The van der Waals surface area contributed by atoms with Crippen LogP contribution in [0.5, 0.6) is 0 Å². The van der Waals surface area contributed by atoms with Gasteiger partial charge in [-0.15, -0.1) is 0 Å². The van der Waals surface area contributed by atoms with Gasteiger partial charge in [0.25, 0.3) is 11.8 Å². The zero-order chi connectivity index (χ0) is 20.1. The van der Waals surface area contributed by atoms with Crippen LogP contribution >= 0.6 is 11.6 Å². The smallest absolute Gasteiger partial charge is 0.287 e. The van der Waals surface area contributed by atoms with Crippen molar-refractivity contribution >= 4 is 28.9 Å². The molecule has 6 nitrogen and oxygen atoms in total. The van der Waals surface area contributed by atoms with Gasteiger partial charge in [-0.05, 0) is 49.6 Å². The summed E-state index contributed by atoms with van der Waals surface area (Å²) in [6.07, 6.45) is 3.22. The highest BCUT2D eigenvalue weighted by molar-refractivity contribution is 6.30. The van der Waals surface area contributed by atoms with Gasteiger partial charge in [0.1, 0.15) is 0 Å². The number of rotatable bonds is 7. The minimum absolute atomic E-state index is 0.0280. The topological polar surface area (TPSA) is 75.5 Å². The molecule has 1 atom stereocenters. The van der Waals surface area contributed by atoms with Crippen LogP contribution in [-0.4, -0.2) is 33.8 Å². The SMILES string of the molecule is CCC(C)NC(=O)c1nc(C(=O)NCCc2ccc(Cl)cc2)c2ccccn12. The third-order valence-corrected chi connectivity index (χ3v) is 4.82. The predicted molar refractivity (Wildman–Crippen MR) is 110 cm³/mol. The molecule has 7 heteroatoms. The Hall–Kier alpha value is -2.86. The monoisotopic (exact) mass is 398 g/mol. The van der Waals surface area contributed by atoms with Crippen LogP contribution in [0.4, 0.5) is 0 Å². The van der Waals surface area contributed by atoms with Crippen LogP contribution in [0.25, 0.3) is 5.52 Å². The Morgan fingerprint density at radius 3 is 2.61 bits per heavy atom. The van der Waals surface area contributed by atoms with Crippen LogP contribution in [-0.2, 0) is 6.42 Å². The van der Waals surface area contributed by atoms with Crippen molar-refractivity contribution in [3.05, 3.63) is 70.8 Å². The minimum Gasteiger partial charge on any atom is -0.350 e. The number of hydrogen-bond acceptors (Lipinski definition) is 3. The summed E-state index contributed by atoms with van der Waals surface area (Å²) in [5.41, 5.74) is 1.92. The summed E-state index contributed by atoms with van der Waals surface area (Å²) >= 11 is 5.89. The second-order valence-electron chi connectivity index (χ2n) is 6.66. The molecule has 0 saturated carbocycles. The van der Waals surface area contributed by atoms with Crippen molar-refractivity contribution in [2.75, 3.05) is 6.54 Å². The standard InChI is InChI=1S/C21H23ClN4O2/c1-3-14(2)24-21(28)19-25-18(17-6-4-5-13-26(17)19)20(27)23-12-11-15-7-9-16(22)10-8-15/h4-10,13-14H,3,11-12H2,1-2H3,(H,23,27)(H,24,28). The van der Waals surface area contributed by atoms with Gasteiger partial charge in [-0.25, -0.2) is 4.98 Å². The van der Waals surface area contributed by atoms with E-state index in [1.807, 2.05) is 44.2 Å². The number of carbonyl (C=O) groups is 2. The maximum absolute atomic E-state index is 12.7. The molecule has 0 fully saturated rings. The molecule has 0 bridgehead atoms. The van der Waals surface area contributed by atoms with Crippen molar-refractivity contribution < 1.29 is 9.59 Å². The van der Waals surface area contributed by atoms with Crippen LogP contribution in [0.15, 0.2) is 48.7 Å². The average molecular weight is 399 g/mol. The van der Waals surface area contributed by atoms with Gasteiger partial charge >= 0.3 is 0 Å². The van der Waals surface area contributed by atoms with Gasteiger partial charge < -0.3 is 10.6 Å². The molecular weight excluding hydrogens is 376 g/mol. The van der Waals surface area contributed by atoms with E-state index in [1.54, 1.807) is 22.7 Å². The summed E-state index contributed by atoms with van der Waals surface area (Å²) < 4.78 is 1.64. The number of aromatic nitrogens is 2. The molecule has 2 aromatic heterocycles. The summed E-state index contributed by atoms with van der Waals surface area (Å²) in [5.74, 6) is -0.394. The highest BCUT2D eigenvalue weighted by Gasteiger charge is 2.21. The lowest BCUT2D eigenvalue weighted by Crippen LogP contribution is -2.33. The molecule has 3 aromatic rings. The predicted octanol–water partition coefficient (Wildman–Crippen LogP) is 3.49. The number of halogens is 1.